The van der Waals surface area contributed by atoms with Gasteiger partial charge in [-0.25, -0.2) is 0 Å². The van der Waals surface area contributed by atoms with Gasteiger partial charge in [0.2, 0.25) is 0 Å². The third-order valence-corrected chi connectivity index (χ3v) is 2.77. The van der Waals surface area contributed by atoms with Crippen LogP contribution in [0.25, 0.3) is 0 Å². The Hall–Kier alpha value is -1.08. The van der Waals surface area contributed by atoms with Crippen LogP contribution in [0, 0.1) is 6.92 Å². The quantitative estimate of drug-likeness (QED) is 0.744. The molecule has 0 saturated carbocycles. The van der Waals surface area contributed by atoms with Crippen LogP contribution in [-0.4, -0.2) is 14.8 Å². The van der Waals surface area contributed by atoms with Crippen molar-refractivity contribution in [1.82, 2.24) is 0 Å². The van der Waals surface area contributed by atoms with E-state index < -0.39 is 21.4 Å². The summed E-state index contributed by atoms with van der Waals surface area (Å²) < 4.78 is 60.2. The van der Waals surface area contributed by atoms with Crippen LogP contribution < -0.4 is 0 Å². The summed E-state index contributed by atoms with van der Waals surface area (Å²) in [5.74, 6) is 0. The molecule has 0 atom stereocenters. The monoisotopic (exact) mass is 240 g/mol. The second-order valence-electron chi connectivity index (χ2n) is 2.80. The van der Waals surface area contributed by atoms with Gasteiger partial charge in [-0.1, -0.05) is 17.7 Å². The number of hydrogen-bond donors (Lipinski definition) is 0. The molecule has 0 aliphatic heterocycles. The van der Waals surface area contributed by atoms with E-state index in [1.54, 1.807) is 6.92 Å². The van der Waals surface area contributed by atoms with Crippen molar-refractivity contribution < 1.29 is 25.8 Å². The van der Waals surface area contributed by atoms with Crippen LogP contribution in [0.5, 0.6) is 0 Å². The Morgan fingerprint density at radius 1 is 1.13 bits per heavy atom. The summed E-state index contributed by atoms with van der Waals surface area (Å²) >= 11 is 0. The highest BCUT2D eigenvalue weighted by atomic mass is 32.2. The maximum Gasteiger partial charge on any atom is 0.537 e. The fourth-order valence-electron chi connectivity index (χ4n) is 0.877. The number of aryl methyl sites for hydroxylation is 1. The van der Waals surface area contributed by atoms with E-state index >= 15 is 0 Å². The van der Waals surface area contributed by atoms with Gasteiger partial charge in [0.1, 0.15) is 0 Å². The number of halogens is 3. The van der Waals surface area contributed by atoms with Crippen molar-refractivity contribution in [3.8, 4) is 0 Å². The predicted molar refractivity (Wildman–Crippen MR) is 45.5 cm³/mol. The number of benzene rings is 1. The topological polar surface area (TPSA) is 43.4 Å². The number of rotatable bonds is 2. The van der Waals surface area contributed by atoms with Crippen molar-refractivity contribution in [2.24, 2.45) is 0 Å². The highest BCUT2D eigenvalue weighted by Gasteiger charge is 2.37. The van der Waals surface area contributed by atoms with Gasteiger partial charge < -0.3 is 0 Å². The Morgan fingerprint density at radius 3 is 2.00 bits per heavy atom. The standard InChI is InChI=1S/C8H7F3O3S/c1-6-2-4-7(5-3-6)15(12,13)14-8(9,10)11/h2-5H,1H3. The van der Waals surface area contributed by atoms with E-state index in [4.69, 9.17) is 0 Å². The Kier molecular flexibility index (Phi) is 3.05. The van der Waals surface area contributed by atoms with E-state index in [1.165, 1.54) is 12.1 Å². The Morgan fingerprint density at radius 2 is 1.60 bits per heavy atom. The van der Waals surface area contributed by atoms with E-state index in [2.05, 4.69) is 4.18 Å². The molecule has 0 saturated heterocycles. The molecule has 15 heavy (non-hydrogen) atoms. The molecule has 0 heterocycles. The molecule has 84 valence electrons. The van der Waals surface area contributed by atoms with Crippen molar-refractivity contribution in [1.29, 1.82) is 0 Å². The summed E-state index contributed by atoms with van der Waals surface area (Å²) in [5, 5.41) is 0. The maximum atomic E-state index is 11.7. The molecule has 0 fully saturated rings. The van der Waals surface area contributed by atoms with Gasteiger partial charge in [0.25, 0.3) is 0 Å². The third kappa shape index (κ3) is 3.52. The summed E-state index contributed by atoms with van der Waals surface area (Å²) in [4.78, 5) is -0.523. The molecule has 1 aromatic carbocycles. The number of alkyl halides is 3. The molecule has 0 bridgehead atoms. The van der Waals surface area contributed by atoms with Gasteiger partial charge in [0.05, 0.1) is 4.90 Å². The first kappa shape index (κ1) is 12.0. The minimum atomic E-state index is -5.20. The Bertz CT molecular complexity index is 433. The van der Waals surface area contributed by atoms with Crippen LogP contribution in [0.1, 0.15) is 5.56 Å². The average molecular weight is 240 g/mol. The van der Waals surface area contributed by atoms with Gasteiger partial charge >= 0.3 is 16.5 Å². The van der Waals surface area contributed by atoms with Gasteiger partial charge in [-0.15, -0.1) is 13.2 Å². The molecule has 1 rings (SSSR count). The van der Waals surface area contributed by atoms with Crippen molar-refractivity contribution in [2.45, 2.75) is 18.2 Å². The predicted octanol–water partition coefficient (Wildman–Crippen LogP) is 2.22. The summed E-state index contributed by atoms with van der Waals surface area (Å²) in [5.41, 5.74) is 0.737. The van der Waals surface area contributed by atoms with E-state index in [-0.39, 0.29) is 0 Å². The van der Waals surface area contributed by atoms with Crippen molar-refractivity contribution in [2.75, 3.05) is 0 Å². The molecular formula is C8H7F3O3S. The molecule has 0 aromatic heterocycles. The van der Waals surface area contributed by atoms with Gasteiger partial charge in [-0.05, 0) is 19.1 Å². The van der Waals surface area contributed by atoms with Crippen molar-refractivity contribution in [3.05, 3.63) is 29.8 Å². The first-order valence-corrected chi connectivity index (χ1v) is 5.20. The second kappa shape index (κ2) is 3.82. The highest BCUT2D eigenvalue weighted by molar-refractivity contribution is 7.86. The zero-order valence-electron chi connectivity index (χ0n) is 7.58. The molecular weight excluding hydrogens is 233 g/mol. The van der Waals surface area contributed by atoms with Crippen molar-refractivity contribution in [3.63, 3.8) is 0 Å². The first-order chi connectivity index (χ1) is 6.71. The molecule has 7 heteroatoms. The highest BCUT2D eigenvalue weighted by Crippen LogP contribution is 2.24. The van der Waals surface area contributed by atoms with Gasteiger partial charge in [-0.3, -0.25) is 0 Å². The van der Waals surface area contributed by atoms with Crippen LogP contribution in [0.3, 0.4) is 0 Å². The van der Waals surface area contributed by atoms with Crippen LogP contribution in [0.4, 0.5) is 13.2 Å². The van der Waals surface area contributed by atoms with Gasteiger partial charge in [-0.2, -0.15) is 12.6 Å². The molecule has 0 aliphatic carbocycles. The smallest absolute Gasteiger partial charge is 0.194 e. The SMILES string of the molecule is Cc1ccc(S(=O)(=O)OC(F)(F)F)cc1. The summed E-state index contributed by atoms with van der Waals surface area (Å²) in [7, 11) is -4.76. The minimum absolute atomic E-state index is 0.523. The molecule has 0 radical (unpaired) electrons. The van der Waals surface area contributed by atoms with E-state index in [0.29, 0.717) is 0 Å². The average Bonchev–Trinajstić information content (AvgIpc) is 2.00. The lowest BCUT2D eigenvalue weighted by Crippen LogP contribution is -2.19. The first-order valence-electron chi connectivity index (χ1n) is 3.80. The van der Waals surface area contributed by atoms with Crippen LogP contribution in [-0.2, 0) is 14.3 Å². The molecule has 0 aliphatic rings. The lowest BCUT2D eigenvalue weighted by Gasteiger charge is -2.07. The molecule has 3 nitrogen and oxygen atoms in total. The fourth-order valence-corrected chi connectivity index (χ4v) is 1.69. The Labute approximate surface area is 84.6 Å². The largest absolute Gasteiger partial charge is 0.537 e. The van der Waals surface area contributed by atoms with Crippen LogP contribution >= 0.6 is 0 Å². The Balaban J connectivity index is 3.02. The van der Waals surface area contributed by atoms with Crippen LogP contribution in [0.15, 0.2) is 29.2 Å². The summed E-state index contributed by atoms with van der Waals surface area (Å²) in [6, 6.07) is 4.87. The van der Waals surface area contributed by atoms with Gasteiger partial charge in [0, 0.05) is 0 Å². The van der Waals surface area contributed by atoms with E-state index in [1.807, 2.05) is 0 Å². The molecule has 0 amide bonds. The van der Waals surface area contributed by atoms with Crippen molar-refractivity contribution >= 4 is 10.1 Å². The maximum absolute atomic E-state index is 11.7. The second-order valence-corrected chi connectivity index (χ2v) is 4.34. The lowest BCUT2D eigenvalue weighted by atomic mass is 10.2. The molecule has 0 spiro atoms. The zero-order valence-corrected chi connectivity index (χ0v) is 8.39. The fraction of sp³-hybridized carbons (Fsp3) is 0.250. The van der Waals surface area contributed by atoms with Gasteiger partial charge in [0.15, 0.2) is 0 Å². The zero-order chi connectivity index (χ0) is 11.7. The minimum Gasteiger partial charge on any atom is -0.194 e. The normalized spacial score (nSPS) is 12.8. The third-order valence-electron chi connectivity index (χ3n) is 1.51. The lowest BCUT2D eigenvalue weighted by molar-refractivity contribution is -0.271. The van der Waals surface area contributed by atoms with E-state index in [0.717, 1.165) is 17.7 Å². The summed E-state index contributed by atoms with van der Waals surface area (Å²) in [6.07, 6.45) is -5.20. The number of hydrogen-bond acceptors (Lipinski definition) is 3. The summed E-state index contributed by atoms with van der Waals surface area (Å²) in [6.45, 7) is 1.68. The molecule has 1 aromatic rings. The van der Waals surface area contributed by atoms with E-state index in [9.17, 15) is 21.6 Å². The molecule has 0 N–H and O–H groups in total. The molecule has 0 unspecified atom stereocenters. The van der Waals surface area contributed by atoms with Crippen LogP contribution in [0.2, 0.25) is 0 Å².